The van der Waals surface area contributed by atoms with Crippen molar-refractivity contribution in [2.24, 2.45) is 0 Å². The molecule has 2 aromatic carbocycles. The molecule has 3 rings (SSSR count). The largest absolute Gasteiger partial charge is 0.369 e. The number of para-hydroxylation sites is 1. The molecule has 0 aliphatic heterocycles. The summed E-state index contributed by atoms with van der Waals surface area (Å²) in [7, 11) is 0. The van der Waals surface area contributed by atoms with Crippen molar-refractivity contribution >= 4 is 17.4 Å². The van der Waals surface area contributed by atoms with E-state index in [9.17, 15) is 4.79 Å². The molecule has 5 heteroatoms. The first kappa shape index (κ1) is 18.6. The Bertz CT molecular complexity index is 835. The number of hydrogen-bond acceptors (Lipinski definition) is 4. The van der Waals surface area contributed by atoms with E-state index in [0.717, 1.165) is 30.6 Å². The highest BCUT2D eigenvalue weighted by molar-refractivity contribution is 6.04. The monoisotopic (exact) mass is 360 g/mol. The van der Waals surface area contributed by atoms with Crippen LogP contribution >= 0.6 is 0 Å². The third-order valence-electron chi connectivity index (χ3n) is 4.20. The van der Waals surface area contributed by atoms with Gasteiger partial charge < -0.3 is 10.2 Å². The Morgan fingerprint density at radius 1 is 0.963 bits per heavy atom. The molecule has 1 amide bonds. The van der Waals surface area contributed by atoms with Gasteiger partial charge in [0, 0.05) is 12.2 Å². The molecular weight excluding hydrogens is 336 g/mol. The second-order valence-electron chi connectivity index (χ2n) is 6.28. The summed E-state index contributed by atoms with van der Waals surface area (Å²) in [5.41, 5.74) is 2.22. The number of nitrogens with one attached hydrogen (secondary N) is 1. The summed E-state index contributed by atoms with van der Waals surface area (Å²) in [6, 6.07) is 19.6. The van der Waals surface area contributed by atoms with Gasteiger partial charge >= 0.3 is 0 Å². The number of unbranched alkanes of at least 4 members (excludes halogenated alkanes) is 1. The first-order valence-corrected chi connectivity index (χ1v) is 9.24. The number of benzene rings is 2. The van der Waals surface area contributed by atoms with E-state index >= 15 is 0 Å². The Morgan fingerprint density at radius 2 is 1.67 bits per heavy atom. The minimum Gasteiger partial charge on any atom is -0.369 e. The predicted molar refractivity (Wildman–Crippen MR) is 109 cm³/mol. The van der Waals surface area contributed by atoms with Gasteiger partial charge in [0.15, 0.2) is 0 Å². The van der Waals surface area contributed by atoms with Gasteiger partial charge in [-0.15, -0.1) is 0 Å². The van der Waals surface area contributed by atoms with Gasteiger partial charge in [-0.1, -0.05) is 61.9 Å². The van der Waals surface area contributed by atoms with Gasteiger partial charge in [0.05, 0.1) is 18.9 Å². The molecule has 0 unspecified atom stereocenters. The minimum atomic E-state index is -0.169. The first-order valence-electron chi connectivity index (χ1n) is 9.24. The number of nitrogens with zero attached hydrogens (tertiary/aromatic N) is 3. The van der Waals surface area contributed by atoms with Crippen LogP contribution in [0.5, 0.6) is 0 Å². The zero-order chi connectivity index (χ0) is 18.9. The molecule has 0 fully saturated rings. The zero-order valence-corrected chi connectivity index (χ0v) is 15.5. The highest BCUT2D eigenvalue weighted by Crippen LogP contribution is 2.19. The van der Waals surface area contributed by atoms with Gasteiger partial charge in [0.25, 0.3) is 5.91 Å². The van der Waals surface area contributed by atoms with Crippen LogP contribution in [0, 0.1) is 0 Å². The van der Waals surface area contributed by atoms with Crippen LogP contribution in [0.2, 0.25) is 0 Å². The Balaban J connectivity index is 1.80. The van der Waals surface area contributed by atoms with Crippen molar-refractivity contribution < 1.29 is 4.79 Å². The topological polar surface area (TPSA) is 58.1 Å². The van der Waals surface area contributed by atoms with Crippen LogP contribution in [-0.2, 0) is 6.54 Å². The van der Waals surface area contributed by atoms with Crippen molar-refractivity contribution in [3.63, 3.8) is 0 Å². The van der Waals surface area contributed by atoms with E-state index in [1.165, 1.54) is 6.20 Å². The number of hydrogen-bond donors (Lipinski definition) is 1. The van der Waals surface area contributed by atoms with E-state index in [2.05, 4.69) is 22.2 Å². The van der Waals surface area contributed by atoms with Crippen LogP contribution in [0.1, 0.15) is 35.8 Å². The zero-order valence-electron chi connectivity index (χ0n) is 15.5. The fraction of sp³-hybridized carbons (Fsp3) is 0.227. The SMILES string of the molecule is CCCCNc1cnc(C(=O)N(Cc2ccccc2)c2ccccc2)cn1. The summed E-state index contributed by atoms with van der Waals surface area (Å²) < 4.78 is 0. The molecule has 0 aliphatic rings. The molecule has 0 saturated carbocycles. The molecule has 1 aromatic heterocycles. The van der Waals surface area contributed by atoms with Gasteiger partial charge in [-0.3, -0.25) is 4.79 Å². The molecule has 5 nitrogen and oxygen atoms in total. The number of carbonyl (C=O) groups is 1. The standard InChI is InChI=1S/C22H24N4O/c1-2-3-14-23-21-16-24-20(15-25-21)22(27)26(19-12-8-5-9-13-19)17-18-10-6-4-7-11-18/h4-13,15-16H,2-3,14,17H2,1H3,(H,23,25). The lowest BCUT2D eigenvalue weighted by molar-refractivity contribution is 0.0980. The van der Waals surface area contributed by atoms with Crippen molar-refractivity contribution in [2.45, 2.75) is 26.3 Å². The Hall–Kier alpha value is -3.21. The molecule has 0 atom stereocenters. The lowest BCUT2D eigenvalue weighted by Crippen LogP contribution is -2.31. The van der Waals surface area contributed by atoms with Crippen molar-refractivity contribution in [3.05, 3.63) is 84.3 Å². The number of aromatic nitrogens is 2. The molecule has 1 heterocycles. The van der Waals surface area contributed by atoms with Gasteiger partial charge in [-0.25, -0.2) is 9.97 Å². The number of rotatable bonds is 8. The van der Waals surface area contributed by atoms with E-state index in [4.69, 9.17) is 0 Å². The first-order chi connectivity index (χ1) is 13.3. The van der Waals surface area contributed by atoms with E-state index in [-0.39, 0.29) is 5.91 Å². The van der Waals surface area contributed by atoms with E-state index in [1.807, 2.05) is 60.7 Å². The molecule has 3 aromatic rings. The van der Waals surface area contributed by atoms with Crippen LogP contribution in [0.25, 0.3) is 0 Å². The van der Waals surface area contributed by atoms with E-state index in [1.54, 1.807) is 11.1 Å². The molecule has 138 valence electrons. The second-order valence-corrected chi connectivity index (χ2v) is 6.28. The fourth-order valence-corrected chi connectivity index (χ4v) is 2.72. The average Bonchev–Trinajstić information content (AvgIpc) is 2.74. The summed E-state index contributed by atoms with van der Waals surface area (Å²) in [5.74, 6) is 0.520. The lowest BCUT2D eigenvalue weighted by Gasteiger charge is -2.22. The lowest BCUT2D eigenvalue weighted by atomic mass is 10.2. The minimum absolute atomic E-state index is 0.169. The van der Waals surface area contributed by atoms with Gasteiger partial charge in [0.1, 0.15) is 11.5 Å². The van der Waals surface area contributed by atoms with Crippen LogP contribution in [0.4, 0.5) is 11.5 Å². The Morgan fingerprint density at radius 3 is 2.30 bits per heavy atom. The smallest absolute Gasteiger partial charge is 0.278 e. The molecule has 0 aliphatic carbocycles. The van der Waals surface area contributed by atoms with Crippen molar-refractivity contribution in [2.75, 3.05) is 16.8 Å². The van der Waals surface area contributed by atoms with Crippen molar-refractivity contribution in [1.82, 2.24) is 9.97 Å². The molecular formula is C22H24N4O. The van der Waals surface area contributed by atoms with Crippen LogP contribution < -0.4 is 10.2 Å². The average molecular weight is 360 g/mol. The van der Waals surface area contributed by atoms with Gasteiger partial charge in [-0.2, -0.15) is 0 Å². The summed E-state index contributed by atoms with van der Waals surface area (Å²) in [4.78, 5) is 23.5. The van der Waals surface area contributed by atoms with Gasteiger partial charge in [0.2, 0.25) is 0 Å². The fourth-order valence-electron chi connectivity index (χ4n) is 2.72. The maximum Gasteiger partial charge on any atom is 0.278 e. The molecule has 0 spiro atoms. The van der Waals surface area contributed by atoms with Crippen LogP contribution in [-0.4, -0.2) is 22.4 Å². The molecule has 0 saturated heterocycles. The number of anilines is 2. The molecule has 27 heavy (non-hydrogen) atoms. The van der Waals surface area contributed by atoms with Gasteiger partial charge in [-0.05, 0) is 24.1 Å². The summed E-state index contributed by atoms with van der Waals surface area (Å²) in [6.07, 6.45) is 5.34. The molecule has 0 bridgehead atoms. The second kappa shape index (κ2) is 9.48. The van der Waals surface area contributed by atoms with Crippen LogP contribution in [0.3, 0.4) is 0 Å². The van der Waals surface area contributed by atoms with Crippen LogP contribution in [0.15, 0.2) is 73.1 Å². The summed E-state index contributed by atoms with van der Waals surface area (Å²) >= 11 is 0. The van der Waals surface area contributed by atoms with E-state index in [0.29, 0.717) is 18.1 Å². The Labute approximate surface area is 160 Å². The maximum atomic E-state index is 13.1. The third-order valence-corrected chi connectivity index (χ3v) is 4.20. The highest BCUT2D eigenvalue weighted by atomic mass is 16.2. The van der Waals surface area contributed by atoms with E-state index < -0.39 is 0 Å². The summed E-state index contributed by atoms with van der Waals surface area (Å²) in [6.45, 7) is 3.46. The highest BCUT2D eigenvalue weighted by Gasteiger charge is 2.19. The molecule has 0 radical (unpaired) electrons. The quantitative estimate of drug-likeness (QED) is 0.599. The van der Waals surface area contributed by atoms with Crippen molar-refractivity contribution in [3.8, 4) is 0 Å². The normalized spacial score (nSPS) is 10.4. The Kier molecular flexibility index (Phi) is 6.52. The summed E-state index contributed by atoms with van der Waals surface area (Å²) in [5, 5.41) is 3.21. The molecule has 1 N–H and O–H groups in total. The van der Waals surface area contributed by atoms with Crippen molar-refractivity contribution in [1.29, 1.82) is 0 Å². The third kappa shape index (κ3) is 5.14. The predicted octanol–water partition coefficient (Wildman–Crippen LogP) is 4.54. The number of carbonyl (C=O) groups excluding carboxylic acids is 1. The maximum absolute atomic E-state index is 13.1. The number of amides is 1.